The van der Waals surface area contributed by atoms with Gasteiger partial charge in [-0.3, -0.25) is 0 Å². The van der Waals surface area contributed by atoms with Crippen molar-refractivity contribution in [3.8, 4) is 5.75 Å². The first-order valence-electron chi connectivity index (χ1n) is 6.97. The number of hydrogen-bond acceptors (Lipinski definition) is 3. The van der Waals surface area contributed by atoms with Crippen molar-refractivity contribution < 1.29 is 9.47 Å². The summed E-state index contributed by atoms with van der Waals surface area (Å²) in [6, 6.07) is 9.20. The van der Waals surface area contributed by atoms with Crippen molar-refractivity contribution in [3.63, 3.8) is 0 Å². The molecule has 1 aromatic rings. The van der Waals surface area contributed by atoms with Gasteiger partial charge in [0.2, 0.25) is 0 Å². The van der Waals surface area contributed by atoms with Gasteiger partial charge in [-0.2, -0.15) is 0 Å². The second-order valence-corrected chi connectivity index (χ2v) is 5.23. The zero-order valence-corrected chi connectivity index (χ0v) is 10.7. The zero-order valence-electron chi connectivity index (χ0n) is 10.7. The maximum Gasteiger partial charge on any atom is 0.120 e. The van der Waals surface area contributed by atoms with E-state index in [1.807, 2.05) is 0 Å². The zero-order chi connectivity index (χ0) is 12.2. The van der Waals surface area contributed by atoms with Gasteiger partial charge >= 0.3 is 0 Å². The fraction of sp³-hybridized carbons (Fsp3) is 0.600. The average Bonchev–Trinajstić information content (AvgIpc) is 3.22. The van der Waals surface area contributed by atoms with Gasteiger partial charge in [0.25, 0.3) is 0 Å². The molecule has 18 heavy (non-hydrogen) atoms. The van der Waals surface area contributed by atoms with E-state index in [9.17, 15) is 0 Å². The molecular formula is C15H21NO2. The van der Waals surface area contributed by atoms with E-state index in [2.05, 4.69) is 29.6 Å². The van der Waals surface area contributed by atoms with Gasteiger partial charge < -0.3 is 14.8 Å². The van der Waals surface area contributed by atoms with Crippen LogP contribution >= 0.6 is 0 Å². The molecule has 0 atom stereocenters. The highest BCUT2D eigenvalue weighted by Gasteiger charge is 2.20. The Hall–Kier alpha value is -1.06. The monoisotopic (exact) mass is 247 g/mol. The van der Waals surface area contributed by atoms with Gasteiger partial charge in [-0.1, -0.05) is 12.1 Å². The summed E-state index contributed by atoms with van der Waals surface area (Å²) in [5, 5.41) is 3.53. The third-order valence-electron chi connectivity index (χ3n) is 3.54. The Morgan fingerprint density at radius 2 is 2.00 bits per heavy atom. The van der Waals surface area contributed by atoms with Crippen LogP contribution in [0.1, 0.15) is 31.2 Å². The normalized spacial score (nSPS) is 20.9. The summed E-state index contributed by atoms with van der Waals surface area (Å²) in [5.41, 5.74) is 1.31. The van der Waals surface area contributed by atoms with E-state index in [-0.39, 0.29) is 0 Å². The van der Waals surface area contributed by atoms with Crippen molar-refractivity contribution in [2.45, 2.75) is 44.4 Å². The van der Waals surface area contributed by atoms with Crippen molar-refractivity contribution in [3.05, 3.63) is 29.8 Å². The lowest BCUT2D eigenvalue weighted by Gasteiger charge is -2.23. The molecule has 1 aliphatic heterocycles. The number of benzene rings is 1. The maximum absolute atomic E-state index is 6.01. The fourth-order valence-corrected chi connectivity index (χ4v) is 2.26. The van der Waals surface area contributed by atoms with Crippen molar-refractivity contribution in [2.24, 2.45) is 0 Å². The molecule has 1 N–H and O–H groups in total. The molecule has 1 aliphatic carbocycles. The highest BCUT2D eigenvalue weighted by atomic mass is 16.5. The second kappa shape index (κ2) is 5.72. The quantitative estimate of drug-likeness (QED) is 0.867. The van der Waals surface area contributed by atoms with Crippen molar-refractivity contribution >= 4 is 0 Å². The van der Waals surface area contributed by atoms with Crippen LogP contribution in [0.3, 0.4) is 0 Å². The van der Waals surface area contributed by atoms with Gasteiger partial charge in [0.15, 0.2) is 0 Å². The molecule has 0 unspecified atom stereocenters. The summed E-state index contributed by atoms with van der Waals surface area (Å²) in [6.07, 6.45) is 5.00. The largest absolute Gasteiger partial charge is 0.490 e. The summed E-state index contributed by atoms with van der Waals surface area (Å²) < 4.78 is 11.4. The van der Waals surface area contributed by atoms with E-state index in [1.54, 1.807) is 0 Å². The van der Waals surface area contributed by atoms with E-state index in [4.69, 9.17) is 9.47 Å². The summed E-state index contributed by atoms with van der Waals surface area (Å²) in [7, 11) is 0. The van der Waals surface area contributed by atoms with E-state index in [1.165, 1.54) is 18.4 Å². The van der Waals surface area contributed by atoms with Crippen molar-refractivity contribution in [2.75, 3.05) is 13.2 Å². The molecule has 98 valence electrons. The molecule has 3 nitrogen and oxygen atoms in total. The minimum atomic E-state index is 0.324. The van der Waals surface area contributed by atoms with Gasteiger partial charge in [0.1, 0.15) is 11.9 Å². The number of ether oxygens (including phenoxy) is 2. The molecule has 0 amide bonds. The highest BCUT2D eigenvalue weighted by Crippen LogP contribution is 2.21. The minimum Gasteiger partial charge on any atom is -0.490 e. The molecule has 0 bridgehead atoms. The summed E-state index contributed by atoms with van der Waals surface area (Å²) in [6.45, 7) is 2.61. The second-order valence-electron chi connectivity index (χ2n) is 5.23. The first-order chi connectivity index (χ1) is 8.90. The number of nitrogens with one attached hydrogen (secondary N) is 1. The van der Waals surface area contributed by atoms with Crippen LogP contribution in [0.2, 0.25) is 0 Å². The average molecular weight is 247 g/mol. The molecule has 2 fully saturated rings. The van der Waals surface area contributed by atoms with Crippen LogP contribution in [-0.4, -0.2) is 25.4 Å². The van der Waals surface area contributed by atoms with Gasteiger partial charge in [-0.05, 0) is 30.5 Å². The summed E-state index contributed by atoms with van der Waals surface area (Å²) >= 11 is 0. The Balaban J connectivity index is 1.55. The number of rotatable bonds is 5. The molecule has 2 aliphatic rings. The number of hydrogen-bond donors (Lipinski definition) is 1. The standard InChI is InChI=1S/C15H21NO2/c1-2-12(11-16-13-4-5-13)10-15(3-1)18-14-6-8-17-9-7-14/h1-3,10,13-14,16H,4-9,11H2. The third-order valence-corrected chi connectivity index (χ3v) is 3.54. The van der Waals surface area contributed by atoms with Crippen LogP contribution in [0, 0.1) is 0 Å². The Morgan fingerprint density at radius 3 is 2.78 bits per heavy atom. The Kier molecular flexibility index (Phi) is 3.81. The molecule has 0 spiro atoms. The molecule has 1 saturated carbocycles. The van der Waals surface area contributed by atoms with Crippen molar-refractivity contribution in [1.29, 1.82) is 0 Å². The Labute approximate surface area is 108 Å². The van der Waals surface area contributed by atoms with Crippen LogP contribution in [0.5, 0.6) is 5.75 Å². The van der Waals surface area contributed by atoms with E-state index >= 15 is 0 Å². The molecule has 3 heteroatoms. The maximum atomic E-state index is 6.01. The van der Waals surface area contributed by atoms with Crippen LogP contribution in [0.25, 0.3) is 0 Å². The summed E-state index contributed by atoms with van der Waals surface area (Å²) in [5.74, 6) is 0.997. The summed E-state index contributed by atoms with van der Waals surface area (Å²) in [4.78, 5) is 0. The Bertz CT molecular complexity index is 384. The Morgan fingerprint density at radius 1 is 1.17 bits per heavy atom. The first kappa shape index (κ1) is 12.0. The topological polar surface area (TPSA) is 30.5 Å². The van der Waals surface area contributed by atoms with E-state index in [0.717, 1.165) is 44.4 Å². The van der Waals surface area contributed by atoms with Crippen LogP contribution < -0.4 is 10.1 Å². The third kappa shape index (κ3) is 3.47. The molecule has 3 rings (SSSR count). The van der Waals surface area contributed by atoms with Gasteiger partial charge in [-0.25, -0.2) is 0 Å². The SMILES string of the molecule is c1cc(CNC2CC2)cc(OC2CCOCC2)c1. The lowest BCUT2D eigenvalue weighted by molar-refractivity contribution is 0.0255. The first-order valence-corrected chi connectivity index (χ1v) is 6.97. The lowest BCUT2D eigenvalue weighted by atomic mass is 10.1. The van der Waals surface area contributed by atoms with E-state index in [0.29, 0.717) is 6.10 Å². The van der Waals surface area contributed by atoms with Gasteiger partial charge in [0.05, 0.1) is 13.2 Å². The predicted octanol–water partition coefficient (Wildman–Crippen LogP) is 2.50. The van der Waals surface area contributed by atoms with Crippen LogP contribution in [0.4, 0.5) is 0 Å². The van der Waals surface area contributed by atoms with Gasteiger partial charge in [0, 0.05) is 25.4 Å². The molecule has 1 heterocycles. The molecular weight excluding hydrogens is 226 g/mol. The molecule has 0 radical (unpaired) electrons. The molecule has 1 aromatic carbocycles. The smallest absolute Gasteiger partial charge is 0.120 e. The van der Waals surface area contributed by atoms with Crippen LogP contribution in [-0.2, 0) is 11.3 Å². The molecule has 0 aromatic heterocycles. The van der Waals surface area contributed by atoms with E-state index < -0.39 is 0 Å². The van der Waals surface area contributed by atoms with Crippen molar-refractivity contribution in [1.82, 2.24) is 5.32 Å². The molecule has 1 saturated heterocycles. The van der Waals surface area contributed by atoms with Crippen LogP contribution in [0.15, 0.2) is 24.3 Å². The fourth-order valence-electron chi connectivity index (χ4n) is 2.26. The minimum absolute atomic E-state index is 0.324. The highest BCUT2D eigenvalue weighted by molar-refractivity contribution is 5.28. The predicted molar refractivity (Wildman–Crippen MR) is 70.8 cm³/mol. The van der Waals surface area contributed by atoms with Gasteiger partial charge in [-0.15, -0.1) is 0 Å². The lowest BCUT2D eigenvalue weighted by Crippen LogP contribution is -2.25.